The summed E-state index contributed by atoms with van der Waals surface area (Å²) in [6.45, 7) is 9.91. The summed E-state index contributed by atoms with van der Waals surface area (Å²) >= 11 is 0. The molecule has 2 aromatic rings. The van der Waals surface area contributed by atoms with E-state index in [1.165, 1.54) is 66.5 Å². The van der Waals surface area contributed by atoms with Crippen molar-refractivity contribution in [2.45, 2.75) is 46.1 Å². The van der Waals surface area contributed by atoms with Crippen LogP contribution in [-0.2, 0) is 11.3 Å². The van der Waals surface area contributed by atoms with E-state index in [0.29, 0.717) is 0 Å². The van der Waals surface area contributed by atoms with Crippen molar-refractivity contribution in [3.63, 3.8) is 0 Å². The highest BCUT2D eigenvalue weighted by molar-refractivity contribution is 5.84. The van der Waals surface area contributed by atoms with E-state index in [4.69, 9.17) is 4.74 Å². The van der Waals surface area contributed by atoms with Gasteiger partial charge in [-0.2, -0.15) is 0 Å². The number of aromatic nitrogens is 1. The number of nitrogens with one attached hydrogen (secondary N) is 1. The number of aryl methyl sites for hydroxylation is 2. The minimum atomic E-state index is 0.916. The van der Waals surface area contributed by atoms with Crippen molar-refractivity contribution < 1.29 is 4.74 Å². The highest BCUT2D eigenvalue weighted by Gasteiger charge is 2.28. The van der Waals surface area contributed by atoms with Gasteiger partial charge in [0.25, 0.3) is 0 Å². The van der Waals surface area contributed by atoms with E-state index in [1.807, 2.05) is 0 Å². The van der Waals surface area contributed by atoms with Crippen LogP contribution >= 0.6 is 0 Å². The minimum Gasteiger partial charge on any atom is -0.381 e. The van der Waals surface area contributed by atoms with Crippen molar-refractivity contribution in [2.24, 2.45) is 11.8 Å². The zero-order valence-electron chi connectivity index (χ0n) is 15.1. The Balaban J connectivity index is 1.37. The SMILES string of the molecule is Cc1cc(C)c2cc(CN3CCC(C4CCOCC4)CC3)[nH]c2c1. The molecule has 1 aromatic carbocycles. The molecule has 3 heterocycles. The van der Waals surface area contributed by atoms with E-state index in [2.05, 4.69) is 41.9 Å². The molecule has 2 fully saturated rings. The van der Waals surface area contributed by atoms with Gasteiger partial charge < -0.3 is 9.72 Å². The molecule has 0 saturated carbocycles. The Hall–Kier alpha value is -1.32. The molecule has 0 unspecified atom stereocenters. The van der Waals surface area contributed by atoms with E-state index >= 15 is 0 Å². The van der Waals surface area contributed by atoms with Crippen LogP contribution < -0.4 is 0 Å². The second kappa shape index (κ2) is 6.89. The number of piperidine rings is 1. The maximum Gasteiger partial charge on any atom is 0.0468 e. The highest BCUT2D eigenvalue weighted by atomic mass is 16.5. The van der Waals surface area contributed by atoms with Gasteiger partial charge in [-0.15, -0.1) is 0 Å². The molecule has 2 aliphatic rings. The average molecular weight is 326 g/mol. The minimum absolute atomic E-state index is 0.916. The molecular weight excluding hydrogens is 296 g/mol. The Morgan fingerprint density at radius 1 is 1.00 bits per heavy atom. The number of aromatic amines is 1. The Bertz CT molecular complexity index is 691. The molecule has 1 N–H and O–H groups in total. The lowest BCUT2D eigenvalue weighted by Gasteiger charge is -2.37. The van der Waals surface area contributed by atoms with E-state index in [9.17, 15) is 0 Å². The van der Waals surface area contributed by atoms with Gasteiger partial charge in [-0.25, -0.2) is 0 Å². The van der Waals surface area contributed by atoms with Crippen molar-refractivity contribution >= 4 is 10.9 Å². The Labute approximate surface area is 145 Å². The van der Waals surface area contributed by atoms with Crippen LogP contribution in [0.15, 0.2) is 18.2 Å². The first-order valence-electron chi connectivity index (χ1n) is 9.58. The van der Waals surface area contributed by atoms with Gasteiger partial charge in [-0.3, -0.25) is 4.90 Å². The lowest BCUT2D eigenvalue weighted by molar-refractivity contribution is 0.0295. The van der Waals surface area contributed by atoms with Crippen LogP contribution in [0.25, 0.3) is 10.9 Å². The predicted molar refractivity (Wildman–Crippen MR) is 99.3 cm³/mol. The molecule has 3 heteroatoms. The molecule has 2 saturated heterocycles. The summed E-state index contributed by atoms with van der Waals surface area (Å²) < 4.78 is 5.52. The van der Waals surface area contributed by atoms with Crippen molar-refractivity contribution in [1.82, 2.24) is 9.88 Å². The van der Waals surface area contributed by atoms with Gasteiger partial charge in [0.15, 0.2) is 0 Å². The fourth-order valence-corrected chi connectivity index (χ4v) is 4.75. The number of hydrogen-bond acceptors (Lipinski definition) is 2. The molecule has 0 bridgehead atoms. The maximum atomic E-state index is 5.52. The summed E-state index contributed by atoms with van der Waals surface area (Å²) in [4.78, 5) is 6.27. The quantitative estimate of drug-likeness (QED) is 0.904. The normalized spacial score (nSPS) is 21.6. The van der Waals surface area contributed by atoms with Gasteiger partial charge in [0.1, 0.15) is 0 Å². The first-order valence-corrected chi connectivity index (χ1v) is 9.58. The number of fused-ring (bicyclic) bond motifs is 1. The molecule has 1 aromatic heterocycles. The highest BCUT2D eigenvalue weighted by Crippen LogP contribution is 2.32. The first-order chi connectivity index (χ1) is 11.7. The monoisotopic (exact) mass is 326 g/mol. The third-order valence-electron chi connectivity index (χ3n) is 6.10. The maximum absolute atomic E-state index is 5.52. The second-order valence-electron chi connectivity index (χ2n) is 7.90. The van der Waals surface area contributed by atoms with Gasteiger partial charge in [0.2, 0.25) is 0 Å². The molecule has 0 aliphatic carbocycles. The summed E-state index contributed by atoms with van der Waals surface area (Å²) in [5.74, 6) is 1.84. The van der Waals surface area contributed by atoms with Crippen LogP contribution in [0.4, 0.5) is 0 Å². The number of likely N-dealkylation sites (tertiary alicyclic amines) is 1. The Morgan fingerprint density at radius 2 is 1.71 bits per heavy atom. The predicted octanol–water partition coefficient (Wildman–Crippen LogP) is 4.42. The zero-order chi connectivity index (χ0) is 16.5. The van der Waals surface area contributed by atoms with Crippen molar-refractivity contribution in [2.75, 3.05) is 26.3 Å². The van der Waals surface area contributed by atoms with E-state index in [0.717, 1.165) is 31.6 Å². The van der Waals surface area contributed by atoms with Gasteiger partial charge in [0.05, 0.1) is 0 Å². The topological polar surface area (TPSA) is 28.3 Å². The lowest BCUT2D eigenvalue weighted by Crippen LogP contribution is -2.37. The Kier molecular flexibility index (Phi) is 4.64. The third-order valence-corrected chi connectivity index (χ3v) is 6.10. The Morgan fingerprint density at radius 3 is 2.46 bits per heavy atom. The van der Waals surface area contributed by atoms with Crippen LogP contribution in [0.2, 0.25) is 0 Å². The van der Waals surface area contributed by atoms with Gasteiger partial charge >= 0.3 is 0 Å². The van der Waals surface area contributed by atoms with Gasteiger partial charge in [-0.1, -0.05) is 6.07 Å². The van der Waals surface area contributed by atoms with Crippen molar-refractivity contribution in [3.05, 3.63) is 35.0 Å². The van der Waals surface area contributed by atoms with Crippen LogP contribution in [0.3, 0.4) is 0 Å². The molecule has 0 atom stereocenters. The summed E-state index contributed by atoms with van der Waals surface area (Å²) in [7, 11) is 0. The number of H-pyrrole nitrogens is 1. The number of hydrogen-bond donors (Lipinski definition) is 1. The molecule has 3 nitrogen and oxygen atoms in total. The fourth-order valence-electron chi connectivity index (χ4n) is 4.75. The van der Waals surface area contributed by atoms with Gasteiger partial charge in [-0.05, 0) is 87.7 Å². The number of nitrogens with zero attached hydrogens (tertiary/aromatic N) is 1. The zero-order valence-corrected chi connectivity index (χ0v) is 15.1. The number of ether oxygens (including phenoxy) is 1. The summed E-state index contributed by atoms with van der Waals surface area (Å²) in [5, 5.41) is 1.38. The van der Waals surface area contributed by atoms with Crippen molar-refractivity contribution in [3.8, 4) is 0 Å². The third kappa shape index (κ3) is 3.38. The molecule has 24 heavy (non-hydrogen) atoms. The standard InChI is InChI=1S/C21H30N2O/c1-15-11-16(2)20-13-19(22-21(20)12-15)14-23-7-3-17(4-8-23)18-5-9-24-10-6-18/h11-13,17-18,22H,3-10,14H2,1-2H3. The fraction of sp³-hybridized carbons (Fsp3) is 0.619. The van der Waals surface area contributed by atoms with Crippen LogP contribution in [-0.4, -0.2) is 36.2 Å². The largest absolute Gasteiger partial charge is 0.381 e. The molecule has 130 valence electrons. The number of benzene rings is 1. The first kappa shape index (κ1) is 16.2. The summed E-state index contributed by atoms with van der Waals surface area (Å²) in [6, 6.07) is 6.90. The van der Waals surface area contributed by atoms with E-state index in [-0.39, 0.29) is 0 Å². The molecule has 0 spiro atoms. The molecule has 0 amide bonds. The number of rotatable bonds is 3. The van der Waals surface area contributed by atoms with Gasteiger partial charge in [0, 0.05) is 36.4 Å². The molecule has 2 aliphatic heterocycles. The second-order valence-corrected chi connectivity index (χ2v) is 7.90. The van der Waals surface area contributed by atoms with E-state index < -0.39 is 0 Å². The van der Waals surface area contributed by atoms with Crippen molar-refractivity contribution in [1.29, 1.82) is 0 Å². The van der Waals surface area contributed by atoms with Crippen LogP contribution in [0, 0.1) is 25.7 Å². The molecule has 0 radical (unpaired) electrons. The molecule has 4 rings (SSSR count). The summed E-state index contributed by atoms with van der Waals surface area (Å²) in [6.07, 6.45) is 5.29. The van der Waals surface area contributed by atoms with Crippen LogP contribution in [0.5, 0.6) is 0 Å². The smallest absolute Gasteiger partial charge is 0.0468 e. The van der Waals surface area contributed by atoms with Crippen LogP contribution in [0.1, 0.15) is 42.5 Å². The van der Waals surface area contributed by atoms with E-state index in [1.54, 1.807) is 0 Å². The average Bonchev–Trinajstić information content (AvgIpc) is 2.99. The molecular formula is C21H30N2O. The summed E-state index contributed by atoms with van der Waals surface area (Å²) in [5.41, 5.74) is 5.37. The lowest BCUT2D eigenvalue weighted by atomic mass is 9.80.